The number of nitrogens with one attached hydrogen (secondary N) is 1. The highest BCUT2D eigenvalue weighted by Crippen LogP contribution is 2.43. The Morgan fingerprint density at radius 2 is 2.20 bits per heavy atom. The first-order valence-corrected chi connectivity index (χ1v) is 6.59. The van der Waals surface area contributed by atoms with Crippen LogP contribution in [0.3, 0.4) is 0 Å². The molecule has 2 atom stereocenters. The van der Waals surface area contributed by atoms with E-state index >= 15 is 0 Å². The van der Waals surface area contributed by atoms with Crippen molar-refractivity contribution in [1.82, 2.24) is 5.32 Å². The second-order valence-corrected chi connectivity index (χ2v) is 5.49. The molecule has 88 valence electrons. The summed E-state index contributed by atoms with van der Waals surface area (Å²) in [4.78, 5) is 0. The Morgan fingerprint density at radius 1 is 1.40 bits per heavy atom. The lowest BCUT2D eigenvalue weighted by Crippen LogP contribution is -2.46. The summed E-state index contributed by atoms with van der Waals surface area (Å²) in [5.74, 6) is 0. The predicted octanol–water partition coefficient (Wildman–Crippen LogP) is 2.72. The molecule has 0 radical (unpaired) electrons. The van der Waals surface area contributed by atoms with Crippen molar-refractivity contribution in [3.8, 4) is 0 Å². The molecule has 0 aromatic heterocycles. The predicted molar refractivity (Wildman–Crippen MR) is 63.0 cm³/mol. The second-order valence-electron chi connectivity index (χ2n) is 5.49. The van der Waals surface area contributed by atoms with Crippen molar-refractivity contribution in [3.63, 3.8) is 0 Å². The lowest BCUT2D eigenvalue weighted by atomic mass is 9.67. The van der Waals surface area contributed by atoms with E-state index in [0.29, 0.717) is 17.6 Å². The molecule has 1 N–H and O–H groups in total. The zero-order valence-electron chi connectivity index (χ0n) is 10.2. The smallest absolute Gasteiger partial charge is 0.0561 e. The molecule has 2 unspecified atom stereocenters. The molecule has 0 aromatic rings. The van der Waals surface area contributed by atoms with Gasteiger partial charge in [0.2, 0.25) is 0 Å². The molecule has 2 aliphatic rings. The van der Waals surface area contributed by atoms with E-state index in [4.69, 9.17) is 4.74 Å². The van der Waals surface area contributed by atoms with Crippen LogP contribution in [0.5, 0.6) is 0 Å². The van der Waals surface area contributed by atoms with Gasteiger partial charge in [-0.05, 0) is 44.4 Å². The van der Waals surface area contributed by atoms with Gasteiger partial charge in [-0.3, -0.25) is 0 Å². The van der Waals surface area contributed by atoms with E-state index in [1.54, 1.807) is 0 Å². The van der Waals surface area contributed by atoms with Crippen LogP contribution in [-0.4, -0.2) is 25.3 Å². The van der Waals surface area contributed by atoms with Crippen LogP contribution >= 0.6 is 0 Å². The fourth-order valence-corrected chi connectivity index (χ4v) is 2.88. The van der Waals surface area contributed by atoms with E-state index in [2.05, 4.69) is 19.2 Å². The first-order chi connectivity index (χ1) is 7.24. The van der Waals surface area contributed by atoms with Crippen molar-refractivity contribution < 1.29 is 4.74 Å². The third-order valence-corrected chi connectivity index (χ3v) is 4.42. The summed E-state index contributed by atoms with van der Waals surface area (Å²) in [6, 6.07) is 0.706. The minimum atomic E-state index is 0.454. The largest absolute Gasteiger partial charge is 0.378 e. The van der Waals surface area contributed by atoms with Crippen molar-refractivity contribution in [2.24, 2.45) is 5.41 Å². The van der Waals surface area contributed by atoms with Crippen LogP contribution in [0, 0.1) is 5.41 Å². The van der Waals surface area contributed by atoms with Crippen LogP contribution in [0.15, 0.2) is 0 Å². The summed E-state index contributed by atoms with van der Waals surface area (Å²) >= 11 is 0. The van der Waals surface area contributed by atoms with Crippen LogP contribution in [0.25, 0.3) is 0 Å². The maximum Gasteiger partial charge on any atom is 0.0561 e. The fourth-order valence-electron chi connectivity index (χ4n) is 2.88. The molecular weight excluding hydrogens is 186 g/mol. The zero-order valence-corrected chi connectivity index (χ0v) is 10.2. The number of rotatable bonds is 4. The van der Waals surface area contributed by atoms with Crippen LogP contribution < -0.4 is 5.32 Å². The highest BCUT2D eigenvalue weighted by Gasteiger charge is 2.35. The van der Waals surface area contributed by atoms with E-state index in [1.165, 1.54) is 45.1 Å². The molecule has 1 aliphatic carbocycles. The molecular formula is C13H25NO. The Morgan fingerprint density at radius 3 is 2.73 bits per heavy atom. The van der Waals surface area contributed by atoms with E-state index in [9.17, 15) is 0 Å². The number of hydrogen-bond acceptors (Lipinski definition) is 2. The Labute approximate surface area is 93.8 Å². The van der Waals surface area contributed by atoms with Crippen molar-refractivity contribution >= 4 is 0 Å². The van der Waals surface area contributed by atoms with Crippen LogP contribution in [0.4, 0.5) is 0 Å². The summed E-state index contributed by atoms with van der Waals surface area (Å²) in [6.45, 7) is 6.71. The topological polar surface area (TPSA) is 21.3 Å². The van der Waals surface area contributed by atoms with Gasteiger partial charge in [-0.25, -0.2) is 0 Å². The third-order valence-electron chi connectivity index (χ3n) is 4.42. The minimum Gasteiger partial charge on any atom is -0.378 e. The molecule has 2 nitrogen and oxygen atoms in total. The SMILES string of the molecule is CCC1(CNC2CCOC(C)C2)CCC1. The van der Waals surface area contributed by atoms with Gasteiger partial charge in [0.15, 0.2) is 0 Å². The lowest BCUT2D eigenvalue weighted by molar-refractivity contribution is 0.00803. The summed E-state index contributed by atoms with van der Waals surface area (Å²) in [7, 11) is 0. The molecule has 2 heteroatoms. The molecule has 0 amide bonds. The Hall–Kier alpha value is -0.0800. The highest BCUT2D eigenvalue weighted by molar-refractivity contribution is 4.90. The van der Waals surface area contributed by atoms with Gasteiger partial charge in [0.25, 0.3) is 0 Å². The molecule has 0 aromatic carbocycles. The van der Waals surface area contributed by atoms with Crippen LogP contribution in [0.1, 0.15) is 52.4 Å². The molecule has 0 bridgehead atoms. The lowest BCUT2D eigenvalue weighted by Gasteiger charge is -2.43. The second kappa shape index (κ2) is 4.84. The van der Waals surface area contributed by atoms with Gasteiger partial charge < -0.3 is 10.1 Å². The van der Waals surface area contributed by atoms with Gasteiger partial charge >= 0.3 is 0 Å². The molecule has 1 saturated heterocycles. The minimum absolute atomic E-state index is 0.454. The first-order valence-electron chi connectivity index (χ1n) is 6.59. The van der Waals surface area contributed by atoms with Crippen molar-refractivity contribution in [3.05, 3.63) is 0 Å². The summed E-state index contributed by atoms with van der Waals surface area (Å²) in [5, 5.41) is 3.77. The van der Waals surface area contributed by atoms with Gasteiger partial charge in [-0.1, -0.05) is 13.3 Å². The van der Waals surface area contributed by atoms with Crippen molar-refractivity contribution in [2.45, 2.75) is 64.5 Å². The highest BCUT2D eigenvalue weighted by atomic mass is 16.5. The maximum atomic E-state index is 5.57. The Kier molecular flexibility index (Phi) is 3.68. The molecule has 1 aliphatic heterocycles. The summed E-state index contributed by atoms with van der Waals surface area (Å²) in [6.07, 6.45) is 8.52. The van der Waals surface area contributed by atoms with Crippen LogP contribution in [-0.2, 0) is 4.74 Å². The Balaban J connectivity index is 1.72. The maximum absolute atomic E-state index is 5.57. The van der Waals surface area contributed by atoms with E-state index in [-0.39, 0.29) is 0 Å². The molecule has 1 heterocycles. The average molecular weight is 211 g/mol. The molecule has 2 fully saturated rings. The number of ether oxygens (including phenoxy) is 1. The molecule has 2 rings (SSSR count). The van der Waals surface area contributed by atoms with Gasteiger partial charge in [0, 0.05) is 19.2 Å². The van der Waals surface area contributed by atoms with Gasteiger partial charge in [0.1, 0.15) is 0 Å². The zero-order chi connectivity index (χ0) is 10.7. The number of hydrogen-bond donors (Lipinski definition) is 1. The standard InChI is InChI=1S/C13H25NO/c1-3-13(6-4-7-13)10-14-12-5-8-15-11(2)9-12/h11-12,14H,3-10H2,1-2H3. The van der Waals surface area contributed by atoms with Crippen LogP contribution in [0.2, 0.25) is 0 Å². The summed E-state index contributed by atoms with van der Waals surface area (Å²) in [5.41, 5.74) is 0.654. The third kappa shape index (κ3) is 2.73. The first kappa shape index (κ1) is 11.4. The van der Waals surface area contributed by atoms with E-state index < -0.39 is 0 Å². The molecule has 0 spiro atoms. The van der Waals surface area contributed by atoms with Gasteiger partial charge in [-0.15, -0.1) is 0 Å². The molecule has 1 saturated carbocycles. The molecule has 15 heavy (non-hydrogen) atoms. The van der Waals surface area contributed by atoms with Crippen molar-refractivity contribution in [2.75, 3.05) is 13.2 Å². The van der Waals surface area contributed by atoms with Crippen molar-refractivity contribution in [1.29, 1.82) is 0 Å². The van der Waals surface area contributed by atoms with Gasteiger partial charge in [-0.2, -0.15) is 0 Å². The normalized spacial score (nSPS) is 34.8. The van der Waals surface area contributed by atoms with Gasteiger partial charge in [0.05, 0.1) is 6.10 Å². The fraction of sp³-hybridized carbons (Fsp3) is 1.00. The summed E-state index contributed by atoms with van der Waals surface area (Å²) < 4.78 is 5.57. The monoisotopic (exact) mass is 211 g/mol. The van der Waals surface area contributed by atoms with E-state index in [1.807, 2.05) is 0 Å². The van der Waals surface area contributed by atoms with E-state index in [0.717, 1.165) is 6.61 Å². The Bertz CT molecular complexity index is 195. The average Bonchev–Trinajstić information content (AvgIpc) is 2.17. The quantitative estimate of drug-likeness (QED) is 0.772.